The largest absolute Gasteiger partial charge is 0.507 e. The van der Waals surface area contributed by atoms with Crippen LogP contribution in [0.1, 0.15) is 5.56 Å². The summed E-state index contributed by atoms with van der Waals surface area (Å²) in [7, 11) is 0. The van der Waals surface area contributed by atoms with Gasteiger partial charge in [-0.05, 0) is 69.6 Å². The number of aromatic hydroxyl groups is 1. The molecule has 0 heterocycles. The van der Waals surface area contributed by atoms with Gasteiger partial charge in [0.15, 0.2) is 0 Å². The van der Waals surface area contributed by atoms with Crippen molar-refractivity contribution in [3.63, 3.8) is 0 Å². The second-order valence-corrected chi connectivity index (χ2v) is 6.04. The average Bonchev–Trinajstić information content (AvgIpc) is 2.57. The molecule has 0 radical (unpaired) electrons. The molecule has 0 aliphatic heterocycles. The van der Waals surface area contributed by atoms with Crippen molar-refractivity contribution >= 4 is 34.5 Å². The highest BCUT2D eigenvalue weighted by Gasteiger charge is 1.98. The van der Waals surface area contributed by atoms with E-state index in [9.17, 15) is 5.11 Å². The molecule has 3 rings (SSSR count). The third-order valence-electron chi connectivity index (χ3n) is 3.31. The van der Waals surface area contributed by atoms with Gasteiger partial charge in [-0.3, -0.25) is 4.99 Å². The minimum absolute atomic E-state index is 0.296. The van der Waals surface area contributed by atoms with E-state index >= 15 is 0 Å². The first-order valence-corrected chi connectivity index (χ1v) is 7.98. The summed E-state index contributed by atoms with van der Waals surface area (Å²) in [6.07, 6.45) is 1.80. The number of halogens is 1. The summed E-state index contributed by atoms with van der Waals surface area (Å²) in [5.74, 6) is 0.296. The SMILES string of the molecule is Oc1ccc(C=Nc2ccc(-c3ccccc3)cc2)cc1I. The van der Waals surface area contributed by atoms with Crippen LogP contribution in [-0.2, 0) is 0 Å². The number of aliphatic imine (C=N–C) groups is 1. The predicted octanol–water partition coefficient (Wildman–Crippen LogP) is 5.41. The van der Waals surface area contributed by atoms with E-state index in [0.29, 0.717) is 5.75 Å². The molecule has 0 aliphatic rings. The van der Waals surface area contributed by atoms with E-state index in [4.69, 9.17) is 0 Å². The molecule has 1 N–H and O–H groups in total. The Morgan fingerprint density at radius 3 is 2.18 bits per heavy atom. The molecule has 0 aliphatic carbocycles. The maximum atomic E-state index is 9.52. The Kier molecular flexibility index (Phi) is 4.53. The van der Waals surface area contributed by atoms with Crippen LogP contribution in [0.15, 0.2) is 77.8 Å². The highest BCUT2D eigenvalue weighted by molar-refractivity contribution is 14.1. The van der Waals surface area contributed by atoms with E-state index in [0.717, 1.165) is 14.8 Å². The van der Waals surface area contributed by atoms with Crippen molar-refractivity contribution in [2.24, 2.45) is 4.99 Å². The topological polar surface area (TPSA) is 32.6 Å². The fourth-order valence-corrected chi connectivity index (χ4v) is 2.66. The van der Waals surface area contributed by atoms with Crippen molar-refractivity contribution in [2.45, 2.75) is 0 Å². The van der Waals surface area contributed by atoms with Crippen LogP contribution in [0.4, 0.5) is 5.69 Å². The Morgan fingerprint density at radius 1 is 0.818 bits per heavy atom. The van der Waals surface area contributed by atoms with Crippen LogP contribution in [-0.4, -0.2) is 11.3 Å². The number of hydrogen-bond acceptors (Lipinski definition) is 2. The van der Waals surface area contributed by atoms with Gasteiger partial charge in [0.25, 0.3) is 0 Å². The fourth-order valence-electron chi connectivity index (χ4n) is 2.12. The summed E-state index contributed by atoms with van der Waals surface area (Å²) >= 11 is 2.10. The molecule has 3 aromatic carbocycles. The van der Waals surface area contributed by atoms with Crippen molar-refractivity contribution in [1.29, 1.82) is 0 Å². The second-order valence-electron chi connectivity index (χ2n) is 4.88. The molecule has 0 amide bonds. The lowest BCUT2D eigenvalue weighted by atomic mass is 10.1. The quantitative estimate of drug-likeness (QED) is 0.463. The zero-order chi connectivity index (χ0) is 15.4. The molecule has 3 heteroatoms. The average molecular weight is 399 g/mol. The van der Waals surface area contributed by atoms with E-state index in [-0.39, 0.29) is 0 Å². The predicted molar refractivity (Wildman–Crippen MR) is 100.0 cm³/mol. The second kappa shape index (κ2) is 6.75. The molecule has 0 aromatic heterocycles. The smallest absolute Gasteiger partial charge is 0.128 e. The summed E-state index contributed by atoms with van der Waals surface area (Å²) in [5.41, 5.74) is 4.25. The molecule has 0 atom stereocenters. The Bertz CT molecular complexity index is 795. The number of phenols is 1. The van der Waals surface area contributed by atoms with Gasteiger partial charge in [0.2, 0.25) is 0 Å². The van der Waals surface area contributed by atoms with E-state index in [1.807, 2.05) is 42.5 Å². The van der Waals surface area contributed by atoms with Crippen LogP contribution in [0.3, 0.4) is 0 Å². The van der Waals surface area contributed by atoms with E-state index in [1.54, 1.807) is 12.3 Å². The van der Waals surface area contributed by atoms with Gasteiger partial charge in [-0.1, -0.05) is 42.5 Å². The van der Waals surface area contributed by atoms with Crippen molar-refractivity contribution < 1.29 is 5.11 Å². The summed E-state index contributed by atoms with van der Waals surface area (Å²) in [6, 6.07) is 23.9. The molecular formula is C19H14INO. The molecule has 2 nitrogen and oxygen atoms in total. The number of rotatable bonds is 3. The van der Waals surface area contributed by atoms with Crippen LogP contribution < -0.4 is 0 Å². The van der Waals surface area contributed by atoms with Crippen molar-refractivity contribution in [3.05, 3.63) is 81.9 Å². The van der Waals surface area contributed by atoms with Crippen LogP contribution in [0, 0.1) is 3.57 Å². The van der Waals surface area contributed by atoms with Gasteiger partial charge in [-0.2, -0.15) is 0 Å². The standard InChI is InChI=1S/C19H14INO/c20-18-12-14(6-11-19(18)22)13-21-17-9-7-16(8-10-17)15-4-2-1-3-5-15/h1-13,22H. The lowest BCUT2D eigenvalue weighted by Crippen LogP contribution is -1.82. The Morgan fingerprint density at radius 2 is 1.50 bits per heavy atom. The normalized spacial score (nSPS) is 11.0. The molecule has 0 spiro atoms. The molecule has 3 aromatic rings. The summed E-state index contributed by atoms with van der Waals surface area (Å²) in [6.45, 7) is 0. The van der Waals surface area contributed by atoms with Crippen molar-refractivity contribution in [1.82, 2.24) is 0 Å². The monoisotopic (exact) mass is 399 g/mol. The lowest BCUT2D eigenvalue weighted by molar-refractivity contribution is 0.471. The molecule has 0 fully saturated rings. The van der Waals surface area contributed by atoms with E-state index < -0.39 is 0 Å². The summed E-state index contributed by atoms with van der Waals surface area (Å²) in [4.78, 5) is 4.47. The van der Waals surface area contributed by atoms with E-state index in [1.165, 1.54) is 11.1 Å². The van der Waals surface area contributed by atoms with Crippen LogP contribution in [0.5, 0.6) is 5.75 Å². The zero-order valence-corrected chi connectivity index (χ0v) is 13.9. The highest BCUT2D eigenvalue weighted by atomic mass is 127. The van der Waals surface area contributed by atoms with Gasteiger partial charge in [0, 0.05) is 6.21 Å². The first-order valence-electron chi connectivity index (χ1n) is 6.90. The van der Waals surface area contributed by atoms with Crippen LogP contribution in [0.2, 0.25) is 0 Å². The third-order valence-corrected chi connectivity index (χ3v) is 4.17. The zero-order valence-electron chi connectivity index (χ0n) is 11.8. The lowest BCUT2D eigenvalue weighted by Gasteiger charge is -2.02. The Hall–Kier alpha value is -2.14. The minimum Gasteiger partial charge on any atom is -0.507 e. The Balaban J connectivity index is 1.78. The fraction of sp³-hybridized carbons (Fsp3) is 0. The number of phenolic OH excluding ortho intramolecular Hbond substituents is 1. The molecule has 0 saturated carbocycles. The summed E-state index contributed by atoms with van der Waals surface area (Å²) in [5, 5.41) is 9.52. The van der Waals surface area contributed by atoms with Gasteiger partial charge < -0.3 is 5.11 Å². The third kappa shape index (κ3) is 3.54. The van der Waals surface area contributed by atoms with Gasteiger partial charge in [0.05, 0.1) is 9.26 Å². The minimum atomic E-state index is 0.296. The van der Waals surface area contributed by atoms with Crippen molar-refractivity contribution in [3.8, 4) is 16.9 Å². The molecular weight excluding hydrogens is 385 g/mol. The van der Waals surface area contributed by atoms with E-state index in [2.05, 4.69) is 51.8 Å². The first-order chi connectivity index (χ1) is 10.7. The molecule has 0 saturated heterocycles. The molecule has 22 heavy (non-hydrogen) atoms. The molecule has 0 unspecified atom stereocenters. The van der Waals surface area contributed by atoms with Gasteiger partial charge >= 0.3 is 0 Å². The maximum absolute atomic E-state index is 9.52. The number of hydrogen-bond donors (Lipinski definition) is 1. The van der Waals surface area contributed by atoms with Gasteiger partial charge in [0.1, 0.15) is 5.75 Å². The Labute approximate surface area is 143 Å². The van der Waals surface area contributed by atoms with Crippen LogP contribution in [0.25, 0.3) is 11.1 Å². The number of nitrogens with zero attached hydrogens (tertiary/aromatic N) is 1. The number of benzene rings is 3. The first kappa shape index (κ1) is 14.8. The summed E-state index contributed by atoms with van der Waals surface area (Å²) < 4.78 is 0.820. The van der Waals surface area contributed by atoms with Crippen LogP contribution >= 0.6 is 22.6 Å². The van der Waals surface area contributed by atoms with Gasteiger partial charge in [-0.25, -0.2) is 0 Å². The highest BCUT2D eigenvalue weighted by Crippen LogP contribution is 2.23. The maximum Gasteiger partial charge on any atom is 0.128 e. The van der Waals surface area contributed by atoms with Gasteiger partial charge in [-0.15, -0.1) is 0 Å². The van der Waals surface area contributed by atoms with Crippen molar-refractivity contribution in [2.75, 3.05) is 0 Å². The molecule has 0 bridgehead atoms. The molecule has 108 valence electrons.